The van der Waals surface area contributed by atoms with Crippen LogP contribution in [-0.2, 0) is 28.6 Å². The van der Waals surface area contributed by atoms with Gasteiger partial charge < -0.3 is 54.6 Å². The molecular weight excluding hydrogens is 728 g/mol. The minimum absolute atomic E-state index is 0.0363. The second kappa shape index (κ2) is 17.8. The smallest absolute Gasteiger partial charge is 0.312 e. The zero-order valence-electron chi connectivity index (χ0n) is 33.4. The van der Waals surface area contributed by atoms with Gasteiger partial charge in [-0.05, 0) is 26.3 Å². The van der Waals surface area contributed by atoms with Crippen LogP contribution in [0.2, 0.25) is 0 Å². The molecule has 0 unspecified atom stereocenters. The molecule has 5 rings (SSSR count). The number of rotatable bonds is 6. The third-order valence-corrected chi connectivity index (χ3v) is 10.6. The number of amides is 1. The molecular formula is C41H54N2O13. The number of ether oxygens (including phenoxy) is 4. The van der Waals surface area contributed by atoms with Gasteiger partial charge in [0.25, 0.3) is 11.7 Å². The number of hydrogen-bond acceptors (Lipinski definition) is 14. The normalized spacial score (nSPS) is 31.0. The number of Topliss-reactive ketones (excluding diaryl/α,β-unsaturated/α-hetero) is 1. The summed E-state index contributed by atoms with van der Waals surface area (Å²) < 4.78 is 23.4. The van der Waals surface area contributed by atoms with Crippen molar-refractivity contribution in [2.24, 2.45) is 28.8 Å². The van der Waals surface area contributed by atoms with Gasteiger partial charge in [0.15, 0.2) is 5.75 Å². The molecule has 2 aromatic rings. The molecule has 3 aliphatic rings. The Kier molecular flexibility index (Phi) is 13.8. The van der Waals surface area contributed by atoms with Gasteiger partial charge >= 0.3 is 11.8 Å². The van der Waals surface area contributed by atoms with E-state index in [1.165, 1.54) is 53.2 Å². The average Bonchev–Trinajstić information content (AvgIpc) is 3.42. The van der Waals surface area contributed by atoms with E-state index in [9.17, 15) is 39.9 Å². The molecule has 5 bridgehead atoms. The Labute approximate surface area is 326 Å². The highest BCUT2D eigenvalue weighted by Gasteiger charge is 2.50. The third-order valence-electron chi connectivity index (χ3n) is 10.6. The predicted molar refractivity (Wildman–Crippen MR) is 208 cm³/mol. The van der Waals surface area contributed by atoms with Crippen LogP contribution in [0.3, 0.4) is 0 Å². The van der Waals surface area contributed by atoms with Gasteiger partial charge in [0.05, 0.1) is 53.0 Å². The number of ketones is 1. The van der Waals surface area contributed by atoms with Gasteiger partial charge in [-0.3, -0.25) is 14.4 Å². The van der Waals surface area contributed by atoms with Crippen molar-refractivity contribution in [3.05, 3.63) is 52.8 Å². The number of oxime groups is 1. The number of hydrogen-bond donors (Lipinski definition) is 6. The van der Waals surface area contributed by atoms with Crippen molar-refractivity contribution in [1.82, 2.24) is 0 Å². The first-order chi connectivity index (χ1) is 26.3. The van der Waals surface area contributed by atoms with Gasteiger partial charge in [-0.1, -0.05) is 58.0 Å². The topological polar surface area (TPSA) is 223 Å². The Bertz CT molecular complexity index is 1950. The van der Waals surface area contributed by atoms with E-state index in [1.54, 1.807) is 39.8 Å². The zero-order valence-corrected chi connectivity index (χ0v) is 33.4. The lowest BCUT2D eigenvalue weighted by atomic mass is 9.78. The molecule has 15 nitrogen and oxygen atoms in total. The summed E-state index contributed by atoms with van der Waals surface area (Å²) in [7, 11) is 1.43. The van der Waals surface area contributed by atoms with E-state index in [0.29, 0.717) is 6.42 Å². The average molecular weight is 783 g/mol. The lowest BCUT2D eigenvalue weighted by Gasteiger charge is -2.38. The molecule has 0 aliphatic carbocycles. The standard InChI is InChI=1S/C41H54N2O13/c1-11-16-54-42-18-26-31-36(49)29-28(35(26)48)30-38(24(7)34(29)47)56-41(9,39(30)50)53-17-15-27(52-10)21(4)37(55-25(8)44)23(6)33(46)22(5)32(45)19(2)13-12-14-20(3)40(51)43-31/h12-15,17-19,21-23,27,32-33,37,45-49H,11,16H2,1-10H3,(H,43,51)/b13-12+,17-15+,20-14-,42-18+/t19-,21+,22+,23+,27-,32-,33+,37+,41-/m0/s1. The highest BCUT2D eigenvalue weighted by atomic mass is 16.7. The summed E-state index contributed by atoms with van der Waals surface area (Å²) in [5.41, 5.74) is -0.591. The monoisotopic (exact) mass is 782 g/mol. The number of nitrogens with zero attached hydrogens (tertiary/aromatic N) is 1. The SMILES string of the molecule is CCCO/N=C/c1c2c(O)c3c(O)c(C)c4c(c3c1O)C(=O)[C@@](C)(O/C=C/[C@H](OC)[C@@H](C)[C@@H](OC(C)=O)[C@H](C)[C@H](O)[C@H](C)[C@@H](O)[C@@H](C)/C=C/C=C(/C)C(=O)N2)O4. The van der Waals surface area contributed by atoms with E-state index in [-0.39, 0.29) is 51.1 Å². The molecule has 306 valence electrons. The van der Waals surface area contributed by atoms with E-state index >= 15 is 0 Å². The van der Waals surface area contributed by atoms with E-state index < -0.39 is 88.8 Å². The fraction of sp³-hybridized carbons (Fsp3) is 0.512. The molecule has 2 aromatic carbocycles. The number of carbonyl (C=O) groups is 3. The Balaban J connectivity index is 1.97. The van der Waals surface area contributed by atoms with E-state index in [1.807, 2.05) is 6.92 Å². The largest absolute Gasteiger partial charge is 0.507 e. The molecule has 6 N–H and O–H groups in total. The summed E-state index contributed by atoms with van der Waals surface area (Å²) in [6, 6.07) is 0. The second-order valence-corrected chi connectivity index (χ2v) is 14.7. The number of allylic oxidation sites excluding steroid dienone is 2. The highest BCUT2D eigenvalue weighted by Crippen LogP contribution is 2.55. The van der Waals surface area contributed by atoms with Gasteiger partial charge in [0.1, 0.15) is 30.0 Å². The molecule has 0 fully saturated rings. The molecule has 0 aromatic heterocycles. The van der Waals surface area contributed by atoms with Crippen molar-refractivity contribution >= 4 is 40.3 Å². The predicted octanol–water partition coefficient (Wildman–Crippen LogP) is 5.51. The number of aliphatic hydroxyl groups is 2. The lowest BCUT2D eigenvalue weighted by molar-refractivity contribution is -0.160. The van der Waals surface area contributed by atoms with Gasteiger partial charge in [-0.2, -0.15) is 0 Å². The first-order valence-corrected chi connectivity index (χ1v) is 18.6. The third kappa shape index (κ3) is 8.49. The number of fused-ring (bicyclic) bond motifs is 14. The van der Waals surface area contributed by atoms with Gasteiger partial charge in [0.2, 0.25) is 0 Å². The molecule has 0 spiro atoms. The van der Waals surface area contributed by atoms with E-state index in [0.717, 1.165) is 6.21 Å². The molecule has 9 atom stereocenters. The summed E-state index contributed by atoms with van der Waals surface area (Å²) in [4.78, 5) is 45.4. The number of nitrogens with one attached hydrogen (secondary N) is 1. The van der Waals surface area contributed by atoms with Crippen LogP contribution in [0.4, 0.5) is 5.69 Å². The van der Waals surface area contributed by atoms with Crippen LogP contribution in [0.15, 0.2) is 41.3 Å². The molecule has 0 radical (unpaired) electrons. The first-order valence-electron chi connectivity index (χ1n) is 18.6. The number of benzene rings is 2. The number of aromatic hydroxyl groups is 3. The van der Waals surface area contributed by atoms with Crippen LogP contribution >= 0.6 is 0 Å². The van der Waals surface area contributed by atoms with Crippen molar-refractivity contribution in [3.8, 4) is 23.0 Å². The fourth-order valence-corrected chi connectivity index (χ4v) is 7.11. The molecule has 1 amide bonds. The number of phenols is 3. The Hall–Kier alpha value is -5.12. The van der Waals surface area contributed by atoms with E-state index in [2.05, 4.69) is 10.5 Å². The number of carbonyl (C=O) groups excluding carboxylic acids is 3. The summed E-state index contributed by atoms with van der Waals surface area (Å²) in [6.07, 6.45) is 5.13. The molecule has 0 saturated carbocycles. The number of phenolic OH excluding ortho intramolecular Hbond substituents is 3. The number of esters is 1. The van der Waals surface area contributed by atoms with Crippen LogP contribution in [0.25, 0.3) is 10.8 Å². The first kappa shape index (κ1) is 43.6. The molecule has 56 heavy (non-hydrogen) atoms. The number of aliphatic hydroxyl groups excluding tert-OH is 2. The van der Waals surface area contributed by atoms with Crippen LogP contribution in [0.5, 0.6) is 23.0 Å². The van der Waals surface area contributed by atoms with Crippen molar-refractivity contribution < 1.29 is 63.7 Å². The van der Waals surface area contributed by atoms with Crippen molar-refractivity contribution in [2.75, 3.05) is 19.0 Å². The maximum Gasteiger partial charge on any atom is 0.312 e. The van der Waals surface area contributed by atoms with Crippen molar-refractivity contribution in [3.63, 3.8) is 0 Å². The number of anilines is 1. The number of methoxy groups -OCH3 is 1. The maximum atomic E-state index is 14.3. The van der Waals surface area contributed by atoms with E-state index in [4.69, 9.17) is 23.8 Å². The Morgan fingerprint density at radius 1 is 0.982 bits per heavy atom. The van der Waals surface area contributed by atoms with Crippen LogP contribution in [0, 0.1) is 30.6 Å². The Morgan fingerprint density at radius 3 is 2.29 bits per heavy atom. The van der Waals surface area contributed by atoms with Crippen LogP contribution in [-0.4, -0.2) is 93.3 Å². The fourth-order valence-electron chi connectivity index (χ4n) is 7.11. The quantitative estimate of drug-likeness (QED) is 0.0532. The molecule has 15 heteroatoms. The summed E-state index contributed by atoms with van der Waals surface area (Å²) in [6.45, 7) is 14.5. The minimum atomic E-state index is -2.05. The molecule has 0 saturated heterocycles. The summed E-state index contributed by atoms with van der Waals surface area (Å²) >= 11 is 0. The zero-order chi connectivity index (χ0) is 41.8. The van der Waals surface area contributed by atoms with Gasteiger partial charge in [-0.15, -0.1) is 0 Å². The van der Waals surface area contributed by atoms with Crippen molar-refractivity contribution in [2.45, 2.75) is 98.9 Å². The molecule has 3 heterocycles. The summed E-state index contributed by atoms with van der Waals surface area (Å²) in [5, 5.41) is 63.6. The van der Waals surface area contributed by atoms with Crippen LogP contribution in [0.1, 0.15) is 83.3 Å². The second-order valence-electron chi connectivity index (χ2n) is 14.7. The lowest BCUT2D eigenvalue weighted by Crippen LogP contribution is -2.46. The van der Waals surface area contributed by atoms with Gasteiger partial charge in [-0.25, -0.2) is 0 Å². The molecule has 3 aliphatic heterocycles. The van der Waals surface area contributed by atoms with Crippen LogP contribution < -0.4 is 10.1 Å². The Morgan fingerprint density at radius 2 is 1.66 bits per heavy atom. The van der Waals surface area contributed by atoms with Gasteiger partial charge in [0, 0.05) is 61.2 Å². The minimum Gasteiger partial charge on any atom is -0.507 e. The van der Waals surface area contributed by atoms with Crippen molar-refractivity contribution in [1.29, 1.82) is 0 Å². The summed E-state index contributed by atoms with van der Waals surface area (Å²) in [5.74, 6) is -8.59. The maximum absolute atomic E-state index is 14.3. The highest BCUT2D eigenvalue weighted by molar-refractivity contribution is 6.23.